The normalized spacial score (nSPS) is 11.6. The largest absolute Gasteiger partial charge is 0.503 e. The van der Waals surface area contributed by atoms with Gasteiger partial charge < -0.3 is 14.7 Å². The molecule has 4 rings (SSSR count). The minimum absolute atomic E-state index is 0.0757. The summed E-state index contributed by atoms with van der Waals surface area (Å²) in [7, 11) is 0. The Hall–Kier alpha value is -3.87. The van der Waals surface area contributed by atoms with Crippen molar-refractivity contribution in [3.8, 4) is 39.8 Å². The first-order valence-electron chi connectivity index (χ1n) is 9.42. The Morgan fingerprint density at radius 1 is 0.967 bits per heavy atom. The number of Topliss-reactive ketones (excluding diaryl/α,β-unsaturated/α-hetero) is 1. The van der Waals surface area contributed by atoms with E-state index >= 15 is 0 Å². The summed E-state index contributed by atoms with van der Waals surface area (Å²) in [5.74, 6) is -1.12. The monoisotopic (exact) mass is 403 g/mol. The standard InChI is InChI=1S/C23H21N3O4/c1-23(2,3)21(28)18-19(15-8-11-24-12-9-15)26(22(29)20(18)27)16-6-4-14(5-7-16)17-10-13-30-25-17/h4-13,27,29H,1-3H3. The second kappa shape index (κ2) is 7.18. The van der Waals surface area contributed by atoms with Crippen LogP contribution in [0, 0.1) is 5.41 Å². The molecule has 0 saturated heterocycles. The van der Waals surface area contributed by atoms with Crippen molar-refractivity contribution in [1.29, 1.82) is 0 Å². The molecular weight excluding hydrogens is 382 g/mol. The van der Waals surface area contributed by atoms with Gasteiger partial charge in [-0.2, -0.15) is 0 Å². The maximum Gasteiger partial charge on any atom is 0.240 e. The van der Waals surface area contributed by atoms with Gasteiger partial charge in [0.05, 0.1) is 11.3 Å². The van der Waals surface area contributed by atoms with Crippen molar-refractivity contribution < 1.29 is 19.5 Å². The lowest BCUT2D eigenvalue weighted by atomic mass is 9.85. The number of ketones is 1. The Morgan fingerprint density at radius 2 is 1.63 bits per heavy atom. The fraction of sp³-hybridized carbons (Fsp3) is 0.174. The van der Waals surface area contributed by atoms with E-state index in [0.717, 1.165) is 5.56 Å². The maximum atomic E-state index is 13.2. The number of hydrogen-bond acceptors (Lipinski definition) is 6. The first-order chi connectivity index (χ1) is 14.3. The molecule has 0 radical (unpaired) electrons. The smallest absolute Gasteiger partial charge is 0.240 e. The van der Waals surface area contributed by atoms with Gasteiger partial charge in [0.1, 0.15) is 12.0 Å². The molecule has 7 nitrogen and oxygen atoms in total. The van der Waals surface area contributed by atoms with E-state index < -0.39 is 17.0 Å². The van der Waals surface area contributed by atoms with Gasteiger partial charge in [0, 0.05) is 40.7 Å². The molecule has 3 heterocycles. The van der Waals surface area contributed by atoms with Crippen LogP contribution in [0.4, 0.5) is 0 Å². The van der Waals surface area contributed by atoms with Crippen LogP contribution >= 0.6 is 0 Å². The summed E-state index contributed by atoms with van der Waals surface area (Å²) in [6.45, 7) is 5.31. The van der Waals surface area contributed by atoms with E-state index in [0.29, 0.717) is 22.6 Å². The van der Waals surface area contributed by atoms with Crippen molar-refractivity contribution in [2.24, 2.45) is 5.41 Å². The predicted molar refractivity (Wildman–Crippen MR) is 112 cm³/mol. The Balaban J connectivity index is 1.95. The first kappa shape index (κ1) is 19.4. The Bertz CT molecular complexity index is 1190. The number of hydrogen-bond donors (Lipinski definition) is 2. The zero-order valence-corrected chi connectivity index (χ0v) is 16.8. The number of carbonyl (C=O) groups excluding carboxylic acids is 1. The summed E-state index contributed by atoms with van der Waals surface area (Å²) in [5.41, 5.74) is 2.46. The molecule has 1 aromatic carbocycles. The Kier molecular flexibility index (Phi) is 4.66. The van der Waals surface area contributed by atoms with Crippen molar-refractivity contribution >= 4 is 5.78 Å². The van der Waals surface area contributed by atoms with Crippen molar-refractivity contribution in [3.05, 3.63) is 66.7 Å². The molecule has 0 saturated carbocycles. The van der Waals surface area contributed by atoms with Crippen LogP contribution < -0.4 is 0 Å². The Labute approximate surface area is 173 Å². The molecule has 0 atom stereocenters. The molecule has 0 bridgehead atoms. The van der Waals surface area contributed by atoms with E-state index in [2.05, 4.69) is 10.1 Å². The van der Waals surface area contributed by atoms with Crippen molar-refractivity contribution in [1.82, 2.24) is 14.7 Å². The molecule has 0 aliphatic carbocycles. The number of benzene rings is 1. The van der Waals surface area contributed by atoms with E-state index in [9.17, 15) is 15.0 Å². The van der Waals surface area contributed by atoms with Gasteiger partial charge >= 0.3 is 0 Å². The molecule has 3 aromatic heterocycles. The van der Waals surface area contributed by atoms with Crippen molar-refractivity contribution in [2.45, 2.75) is 20.8 Å². The zero-order chi connectivity index (χ0) is 21.5. The SMILES string of the molecule is CC(C)(C)C(=O)c1c(O)c(O)n(-c2ccc(-c3ccon3)cc2)c1-c1ccncc1. The molecule has 0 unspecified atom stereocenters. The maximum absolute atomic E-state index is 13.2. The third kappa shape index (κ3) is 3.24. The molecule has 4 aromatic rings. The van der Waals surface area contributed by atoms with Gasteiger partial charge in [0.2, 0.25) is 5.88 Å². The van der Waals surface area contributed by atoms with Gasteiger partial charge in [-0.1, -0.05) is 38.1 Å². The van der Waals surface area contributed by atoms with E-state index in [1.54, 1.807) is 63.5 Å². The molecule has 30 heavy (non-hydrogen) atoms. The summed E-state index contributed by atoms with van der Waals surface area (Å²) >= 11 is 0. The summed E-state index contributed by atoms with van der Waals surface area (Å²) in [4.78, 5) is 17.2. The van der Waals surface area contributed by atoms with E-state index in [1.807, 2.05) is 12.1 Å². The molecular formula is C23H21N3O4. The third-order valence-corrected chi connectivity index (χ3v) is 4.84. The van der Waals surface area contributed by atoms with E-state index in [4.69, 9.17) is 4.52 Å². The molecule has 152 valence electrons. The fourth-order valence-electron chi connectivity index (χ4n) is 3.31. The second-order valence-corrected chi connectivity index (χ2v) is 7.98. The average molecular weight is 403 g/mol. The second-order valence-electron chi connectivity index (χ2n) is 7.98. The van der Waals surface area contributed by atoms with Gasteiger partial charge in [0.25, 0.3) is 0 Å². The molecule has 2 N–H and O–H groups in total. The molecule has 0 amide bonds. The van der Waals surface area contributed by atoms with Crippen molar-refractivity contribution in [2.75, 3.05) is 0 Å². The number of nitrogens with zero attached hydrogens (tertiary/aromatic N) is 3. The highest BCUT2D eigenvalue weighted by molar-refractivity contribution is 6.08. The number of carbonyl (C=O) groups is 1. The number of aromatic nitrogens is 3. The van der Waals surface area contributed by atoms with Gasteiger partial charge in [-0.3, -0.25) is 14.3 Å². The first-order valence-corrected chi connectivity index (χ1v) is 9.42. The van der Waals surface area contributed by atoms with Crippen LogP contribution in [0.2, 0.25) is 0 Å². The van der Waals surface area contributed by atoms with Crippen LogP contribution in [0.25, 0.3) is 28.2 Å². The average Bonchev–Trinajstić information content (AvgIpc) is 3.35. The summed E-state index contributed by atoms with van der Waals surface area (Å²) < 4.78 is 6.35. The molecule has 0 spiro atoms. The fourth-order valence-corrected chi connectivity index (χ4v) is 3.31. The van der Waals surface area contributed by atoms with Crippen LogP contribution in [0.3, 0.4) is 0 Å². The quantitative estimate of drug-likeness (QED) is 0.473. The van der Waals surface area contributed by atoms with Gasteiger partial charge in [-0.25, -0.2) is 0 Å². The topological polar surface area (TPSA) is 101 Å². The predicted octanol–water partition coefficient (Wildman–Crippen LogP) is 4.83. The lowest BCUT2D eigenvalue weighted by molar-refractivity contribution is 0.0856. The molecule has 7 heteroatoms. The number of rotatable bonds is 4. The molecule has 0 fully saturated rings. The molecule has 0 aliphatic rings. The van der Waals surface area contributed by atoms with Gasteiger partial charge in [-0.15, -0.1) is 0 Å². The van der Waals surface area contributed by atoms with Crippen LogP contribution in [-0.2, 0) is 0 Å². The van der Waals surface area contributed by atoms with Crippen molar-refractivity contribution in [3.63, 3.8) is 0 Å². The van der Waals surface area contributed by atoms with Gasteiger partial charge in [0.15, 0.2) is 11.5 Å². The van der Waals surface area contributed by atoms with Crippen LogP contribution in [0.15, 0.2) is 65.6 Å². The Morgan fingerprint density at radius 3 is 2.20 bits per heavy atom. The number of pyridine rings is 1. The summed E-state index contributed by atoms with van der Waals surface area (Å²) in [6.07, 6.45) is 4.69. The summed E-state index contributed by atoms with van der Waals surface area (Å²) in [5, 5.41) is 25.4. The third-order valence-electron chi connectivity index (χ3n) is 4.84. The van der Waals surface area contributed by atoms with Crippen LogP contribution in [-0.4, -0.2) is 30.7 Å². The lowest BCUT2D eigenvalue weighted by Gasteiger charge is -2.18. The van der Waals surface area contributed by atoms with E-state index in [1.165, 1.54) is 10.8 Å². The minimum Gasteiger partial charge on any atom is -0.503 e. The lowest BCUT2D eigenvalue weighted by Crippen LogP contribution is -2.20. The number of aromatic hydroxyl groups is 2. The highest BCUT2D eigenvalue weighted by Gasteiger charge is 2.34. The van der Waals surface area contributed by atoms with Crippen LogP contribution in [0.1, 0.15) is 31.1 Å². The highest BCUT2D eigenvalue weighted by atomic mass is 16.5. The van der Waals surface area contributed by atoms with E-state index in [-0.39, 0.29) is 11.3 Å². The minimum atomic E-state index is -0.755. The summed E-state index contributed by atoms with van der Waals surface area (Å²) in [6, 6.07) is 12.4. The van der Waals surface area contributed by atoms with Crippen LogP contribution in [0.5, 0.6) is 11.6 Å². The van der Waals surface area contributed by atoms with Gasteiger partial charge in [-0.05, 0) is 24.3 Å². The highest BCUT2D eigenvalue weighted by Crippen LogP contribution is 2.45. The zero-order valence-electron chi connectivity index (χ0n) is 16.8. The molecule has 0 aliphatic heterocycles.